The third-order valence-corrected chi connectivity index (χ3v) is 6.24. The van der Waals surface area contributed by atoms with Crippen molar-refractivity contribution in [2.45, 2.75) is 63.5 Å². The predicted octanol–water partition coefficient (Wildman–Crippen LogP) is 3.50. The van der Waals surface area contributed by atoms with Crippen molar-refractivity contribution < 1.29 is 14.6 Å². The van der Waals surface area contributed by atoms with Crippen molar-refractivity contribution in [3.05, 3.63) is 47.5 Å². The summed E-state index contributed by atoms with van der Waals surface area (Å²) in [6, 6.07) is 6.46. The number of hydrogen-bond acceptors (Lipinski definition) is 4. The smallest absolute Gasteiger partial charge is 0.305 e. The van der Waals surface area contributed by atoms with Gasteiger partial charge in [0.05, 0.1) is 19.3 Å². The van der Waals surface area contributed by atoms with E-state index in [0.717, 1.165) is 63.6 Å². The first-order valence-corrected chi connectivity index (χ1v) is 10.9. The second-order valence-corrected chi connectivity index (χ2v) is 8.20. The first-order chi connectivity index (χ1) is 14.1. The van der Waals surface area contributed by atoms with Gasteiger partial charge in [-0.15, -0.1) is 6.58 Å². The van der Waals surface area contributed by atoms with Crippen molar-refractivity contribution >= 4 is 5.97 Å². The molecule has 2 bridgehead atoms. The topological polar surface area (TPSA) is 49.8 Å². The quantitative estimate of drug-likeness (QED) is 0.317. The molecule has 1 aromatic carbocycles. The summed E-state index contributed by atoms with van der Waals surface area (Å²) in [7, 11) is 1.44. The van der Waals surface area contributed by atoms with Gasteiger partial charge in [-0.2, -0.15) is 0 Å². The Balaban J connectivity index is 1.61. The number of rotatable bonds is 8. The molecule has 0 saturated carbocycles. The summed E-state index contributed by atoms with van der Waals surface area (Å²) < 4.78 is 4.68. The van der Waals surface area contributed by atoms with E-state index in [1.54, 1.807) is 0 Å². The van der Waals surface area contributed by atoms with Gasteiger partial charge in [0.25, 0.3) is 0 Å². The van der Waals surface area contributed by atoms with Crippen LogP contribution in [0.2, 0.25) is 0 Å². The van der Waals surface area contributed by atoms with Gasteiger partial charge in [-0.1, -0.05) is 36.5 Å². The van der Waals surface area contributed by atoms with Crippen molar-refractivity contribution in [1.29, 1.82) is 0 Å². The van der Waals surface area contributed by atoms with E-state index >= 15 is 0 Å². The fourth-order valence-corrected chi connectivity index (χ4v) is 4.47. The molecule has 1 N–H and O–H groups in total. The molecule has 0 radical (unpaired) electrons. The lowest BCUT2D eigenvalue weighted by Gasteiger charge is -2.46. The number of fused-ring (bicyclic) bond motifs is 3. The Hall–Kier alpha value is -2.09. The molecule has 3 aliphatic heterocycles. The molecule has 2 unspecified atom stereocenters. The molecule has 0 aromatic heterocycles. The number of esters is 1. The number of methoxy groups -OCH3 is 1. The van der Waals surface area contributed by atoms with E-state index in [4.69, 9.17) is 0 Å². The molecule has 156 valence electrons. The number of carbonyl (C=O) groups excluding carboxylic acids is 1. The second-order valence-electron chi connectivity index (χ2n) is 8.20. The van der Waals surface area contributed by atoms with Crippen molar-refractivity contribution in [3.63, 3.8) is 0 Å². The number of hydrogen-bond donors (Lipinski definition) is 1. The van der Waals surface area contributed by atoms with E-state index in [9.17, 15) is 9.90 Å². The van der Waals surface area contributed by atoms with Crippen molar-refractivity contribution in [1.82, 2.24) is 4.90 Å². The summed E-state index contributed by atoms with van der Waals surface area (Å²) in [4.78, 5) is 13.5. The van der Waals surface area contributed by atoms with Gasteiger partial charge in [-0.05, 0) is 74.7 Å². The van der Waals surface area contributed by atoms with Crippen LogP contribution in [0.25, 0.3) is 0 Å². The molecule has 4 heteroatoms. The van der Waals surface area contributed by atoms with Gasteiger partial charge in [0.2, 0.25) is 0 Å². The maximum Gasteiger partial charge on any atom is 0.305 e. The Morgan fingerprint density at radius 1 is 1.31 bits per heavy atom. The average molecular weight is 396 g/mol. The lowest BCUT2D eigenvalue weighted by molar-refractivity contribution is -0.140. The van der Waals surface area contributed by atoms with Gasteiger partial charge in [0.1, 0.15) is 0 Å². The standard InChI is InChI=1S/C25H33NO3/c1-3-7-22-18-19(8-5-4-6-9-24(27)29-2)10-11-20(22)12-13-23-25(28)21-14-16-26(23)17-15-21/h3,10-11,18,21,23,25,28H,1,4-9,14-17H2,2H3. The fourth-order valence-electron chi connectivity index (χ4n) is 4.47. The van der Waals surface area contributed by atoms with Crippen LogP contribution in [-0.2, 0) is 22.4 Å². The molecular formula is C25H33NO3. The zero-order chi connectivity index (χ0) is 20.6. The van der Waals surface area contributed by atoms with Crippen LogP contribution in [0.15, 0.2) is 30.9 Å². The molecule has 29 heavy (non-hydrogen) atoms. The number of unbranched alkanes of at least 4 members (excludes halogenated alkanes) is 2. The Bertz CT molecular complexity index is 766. The molecule has 2 atom stereocenters. The Labute approximate surface area is 174 Å². The van der Waals surface area contributed by atoms with Crippen LogP contribution in [0, 0.1) is 17.8 Å². The number of aliphatic hydroxyl groups excluding tert-OH is 1. The minimum atomic E-state index is -0.322. The van der Waals surface area contributed by atoms with E-state index in [2.05, 4.69) is 46.3 Å². The number of nitrogens with zero attached hydrogens (tertiary/aromatic N) is 1. The molecule has 0 spiro atoms. The summed E-state index contributed by atoms with van der Waals surface area (Å²) in [6.45, 7) is 5.99. The SMILES string of the molecule is C=CCc1cc(CCCCCC(=O)OC)ccc1C#CC1C(O)C2CCN1CC2. The predicted molar refractivity (Wildman–Crippen MR) is 116 cm³/mol. The molecule has 0 aliphatic carbocycles. The van der Waals surface area contributed by atoms with Crippen molar-refractivity contribution in [3.8, 4) is 11.8 Å². The normalized spacial score (nSPS) is 25.2. The summed E-state index contributed by atoms with van der Waals surface area (Å²) >= 11 is 0. The van der Waals surface area contributed by atoms with Gasteiger partial charge < -0.3 is 9.84 Å². The number of benzene rings is 1. The van der Waals surface area contributed by atoms with Crippen LogP contribution in [0.4, 0.5) is 0 Å². The van der Waals surface area contributed by atoms with E-state index < -0.39 is 0 Å². The highest BCUT2D eigenvalue weighted by molar-refractivity contribution is 5.68. The van der Waals surface area contributed by atoms with Crippen LogP contribution >= 0.6 is 0 Å². The van der Waals surface area contributed by atoms with Crippen molar-refractivity contribution in [2.24, 2.45) is 5.92 Å². The highest BCUT2D eigenvalue weighted by Crippen LogP contribution is 2.32. The molecule has 3 aliphatic rings. The number of allylic oxidation sites excluding steroid dienone is 1. The highest BCUT2D eigenvalue weighted by Gasteiger charge is 2.40. The van der Waals surface area contributed by atoms with Gasteiger partial charge in [0.15, 0.2) is 0 Å². The highest BCUT2D eigenvalue weighted by atomic mass is 16.5. The molecule has 3 heterocycles. The summed E-state index contributed by atoms with van der Waals surface area (Å²) in [5.41, 5.74) is 3.53. The van der Waals surface area contributed by atoms with Crippen LogP contribution in [-0.4, -0.2) is 48.3 Å². The monoisotopic (exact) mass is 395 g/mol. The maximum atomic E-state index is 11.2. The van der Waals surface area contributed by atoms with Gasteiger partial charge >= 0.3 is 5.97 Å². The number of carbonyl (C=O) groups is 1. The minimum Gasteiger partial charge on any atom is -0.469 e. The molecule has 1 aromatic rings. The summed E-state index contributed by atoms with van der Waals surface area (Å²) in [6.07, 6.45) is 9.01. The summed E-state index contributed by atoms with van der Waals surface area (Å²) in [5, 5.41) is 10.6. The van der Waals surface area contributed by atoms with Gasteiger partial charge in [-0.25, -0.2) is 0 Å². The number of ether oxygens (including phenoxy) is 1. The number of aryl methyl sites for hydroxylation is 1. The van der Waals surface area contributed by atoms with Crippen LogP contribution < -0.4 is 0 Å². The minimum absolute atomic E-state index is 0.0337. The first-order valence-electron chi connectivity index (χ1n) is 10.9. The van der Waals surface area contributed by atoms with Crippen LogP contribution in [0.1, 0.15) is 55.2 Å². The zero-order valence-corrected chi connectivity index (χ0v) is 17.5. The molecule has 3 fully saturated rings. The molecule has 4 nitrogen and oxygen atoms in total. The number of piperidine rings is 3. The van der Waals surface area contributed by atoms with Gasteiger partial charge in [-0.3, -0.25) is 9.69 Å². The lowest BCUT2D eigenvalue weighted by Crippen LogP contribution is -2.57. The first kappa shape index (κ1) is 21.6. The average Bonchev–Trinajstić information content (AvgIpc) is 2.74. The fraction of sp³-hybridized carbons (Fsp3) is 0.560. The number of aliphatic hydroxyl groups is 1. The Morgan fingerprint density at radius 3 is 2.79 bits per heavy atom. The van der Waals surface area contributed by atoms with E-state index in [0.29, 0.717) is 12.3 Å². The third-order valence-electron chi connectivity index (χ3n) is 6.24. The van der Waals surface area contributed by atoms with Gasteiger partial charge in [0, 0.05) is 12.0 Å². The third kappa shape index (κ3) is 5.72. The largest absolute Gasteiger partial charge is 0.469 e. The maximum absolute atomic E-state index is 11.2. The Morgan fingerprint density at radius 2 is 2.10 bits per heavy atom. The summed E-state index contributed by atoms with van der Waals surface area (Å²) in [5.74, 6) is 7.00. The van der Waals surface area contributed by atoms with E-state index in [1.165, 1.54) is 18.2 Å². The molecule has 3 saturated heterocycles. The zero-order valence-electron chi connectivity index (χ0n) is 17.5. The van der Waals surface area contributed by atoms with E-state index in [-0.39, 0.29) is 18.1 Å². The molecular weight excluding hydrogens is 362 g/mol. The van der Waals surface area contributed by atoms with E-state index in [1.807, 2.05) is 6.08 Å². The molecule has 0 amide bonds. The Kier molecular flexibility index (Phi) is 7.91. The lowest BCUT2D eigenvalue weighted by atomic mass is 9.81. The van der Waals surface area contributed by atoms with Crippen LogP contribution in [0.3, 0.4) is 0 Å². The molecule has 4 rings (SSSR count). The van der Waals surface area contributed by atoms with Crippen LogP contribution in [0.5, 0.6) is 0 Å². The second kappa shape index (κ2) is 10.6. The van der Waals surface area contributed by atoms with Crippen molar-refractivity contribution in [2.75, 3.05) is 20.2 Å².